The highest BCUT2D eigenvalue weighted by molar-refractivity contribution is 14.1. The smallest absolute Gasteiger partial charge is 0.196 e. The average molecular weight is 302 g/mol. The van der Waals surface area contributed by atoms with Gasteiger partial charge in [-0.2, -0.15) is 22.0 Å². The van der Waals surface area contributed by atoms with E-state index in [1.807, 2.05) is 0 Å². The molecule has 0 aromatic heterocycles. The Morgan fingerprint density at radius 1 is 1.17 bits per heavy atom. The summed E-state index contributed by atoms with van der Waals surface area (Å²) < 4.78 is 58.6. The van der Waals surface area contributed by atoms with E-state index in [-0.39, 0.29) is 0 Å². The highest BCUT2D eigenvalue weighted by Gasteiger charge is 2.57. The van der Waals surface area contributed by atoms with Gasteiger partial charge in [-0.05, 0) is 6.42 Å². The monoisotopic (exact) mass is 302 g/mol. The van der Waals surface area contributed by atoms with Crippen LogP contribution in [0.4, 0.5) is 22.0 Å². The van der Waals surface area contributed by atoms with E-state index in [0.29, 0.717) is 6.42 Å². The molecule has 0 saturated carbocycles. The largest absolute Gasteiger partial charge is 0.453 e. The first kappa shape index (κ1) is 12.4. The minimum absolute atomic E-state index is 0.312. The van der Waals surface area contributed by atoms with Crippen molar-refractivity contribution in [1.82, 2.24) is 0 Å². The Bertz CT molecular complexity index is 141. The van der Waals surface area contributed by atoms with Crippen LogP contribution in [0.25, 0.3) is 0 Å². The first-order valence-corrected chi connectivity index (χ1v) is 4.54. The molecule has 12 heavy (non-hydrogen) atoms. The van der Waals surface area contributed by atoms with Crippen molar-refractivity contribution in [3.8, 4) is 0 Å². The molecule has 0 saturated heterocycles. The maximum atomic E-state index is 12.2. The maximum absolute atomic E-state index is 12.2. The van der Waals surface area contributed by atoms with Crippen molar-refractivity contribution in [2.75, 3.05) is 0 Å². The molecule has 0 spiro atoms. The van der Waals surface area contributed by atoms with Crippen LogP contribution in [0.5, 0.6) is 0 Å². The van der Waals surface area contributed by atoms with E-state index >= 15 is 0 Å². The van der Waals surface area contributed by atoms with E-state index < -0.39 is 22.4 Å². The molecule has 0 aliphatic heterocycles. The number of hydrogen-bond acceptors (Lipinski definition) is 0. The SMILES string of the molecule is CCC(I)CC(F)(F)C(F)(F)F. The minimum Gasteiger partial charge on any atom is -0.196 e. The van der Waals surface area contributed by atoms with Gasteiger partial charge in [0.2, 0.25) is 0 Å². The lowest BCUT2D eigenvalue weighted by Crippen LogP contribution is -2.38. The van der Waals surface area contributed by atoms with Gasteiger partial charge in [-0.3, -0.25) is 0 Å². The predicted molar refractivity (Wildman–Crippen MR) is 43.7 cm³/mol. The zero-order valence-corrected chi connectivity index (χ0v) is 8.42. The summed E-state index contributed by atoms with van der Waals surface area (Å²) in [7, 11) is 0. The van der Waals surface area contributed by atoms with Crippen LogP contribution in [0.3, 0.4) is 0 Å². The molecular weight excluding hydrogens is 294 g/mol. The van der Waals surface area contributed by atoms with E-state index in [9.17, 15) is 22.0 Å². The fraction of sp³-hybridized carbons (Fsp3) is 1.00. The van der Waals surface area contributed by atoms with Gasteiger partial charge in [-0.1, -0.05) is 29.5 Å². The molecule has 6 heteroatoms. The highest BCUT2D eigenvalue weighted by atomic mass is 127. The molecular formula is C6H8F5I. The lowest BCUT2D eigenvalue weighted by atomic mass is 10.1. The summed E-state index contributed by atoms with van der Waals surface area (Å²) in [5.74, 6) is -4.55. The van der Waals surface area contributed by atoms with E-state index in [0.717, 1.165) is 0 Å². The molecule has 0 bridgehead atoms. The summed E-state index contributed by atoms with van der Waals surface area (Å²) in [4.78, 5) is 0. The van der Waals surface area contributed by atoms with Gasteiger partial charge in [0.05, 0.1) is 0 Å². The standard InChI is InChI=1S/C6H8F5I/c1-2-4(12)3-5(7,8)6(9,10)11/h4H,2-3H2,1H3. The molecule has 0 aliphatic rings. The normalized spacial score (nSPS) is 16.2. The van der Waals surface area contributed by atoms with Crippen LogP contribution < -0.4 is 0 Å². The molecule has 0 aliphatic carbocycles. The van der Waals surface area contributed by atoms with E-state index in [4.69, 9.17) is 0 Å². The van der Waals surface area contributed by atoms with E-state index in [1.54, 1.807) is 29.5 Å². The quantitative estimate of drug-likeness (QED) is 0.423. The molecule has 0 N–H and O–H groups in total. The van der Waals surface area contributed by atoms with Gasteiger partial charge in [0.1, 0.15) is 0 Å². The van der Waals surface area contributed by atoms with Crippen LogP contribution in [0.15, 0.2) is 0 Å². The topological polar surface area (TPSA) is 0 Å². The van der Waals surface area contributed by atoms with Gasteiger partial charge in [0.25, 0.3) is 0 Å². The van der Waals surface area contributed by atoms with Crippen molar-refractivity contribution < 1.29 is 22.0 Å². The van der Waals surface area contributed by atoms with E-state index in [2.05, 4.69) is 0 Å². The Labute approximate surface area is 80.7 Å². The molecule has 0 amide bonds. The van der Waals surface area contributed by atoms with Crippen LogP contribution in [0.2, 0.25) is 0 Å². The third-order valence-corrected chi connectivity index (χ3v) is 2.66. The molecule has 0 fully saturated rings. The van der Waals surface area contributed by atoms with Crippen LogP contribution in [-0.2, 0) is 0 Å². The van der Waals surface area contributed by atoms with Gasteiger partial charge in [-0.15, -0.1) is 0 Å². The fourth-order valence-electron chi connectivity index (χ4n) is 0.538. The van der Waals surface area contributed by atoms with Gasteiger partial charge in [-0.25, -0.2) is 0 Å². The number of halogens is 6. The Kier molecular flexibility index (Phi) is 4.19. The van der Waals surface area contributed by atoms with Crippen LogP contribution in [-0.4, -0.2) is 16.0 Å². The van der Waals surface area contributed by atoms with Crippen molar-refractivity contribution >= 4 is 22.6 Å². The second-order valence-corrected chi connectivity index (χ2v) is 4.17. The maximum Gasteiger partial charge on any atom is 0.453 e. The van der Waals surface area contributed by atoms with Crippen LogP contribution in [0.1, 0.15) is 19.8 Å². The van der Waals surface area contributed by atoms with Gasteiger partial charge < -0.3 is 0 Å². The summed E-state index contributed by atoms with van der Waals surface area (Å²) in [5.41, 5.74) is 0. The Morgan fingerprint density at radius 2 is 1.58 bits per heavy atom. The average Bonchev–Trinajstić information content (AvgIpc) is 1.84. The Morgan fingerprint density at radius 3 is 1.83 bits per heavy atom. The van der Waals surface area contributed by atoms with Crippen molar-refractivity contribution in [3.05, 3.63) is 0 Å². The van der Waals surface area contributed by atoms with Crippen molar-refractivity contribution in [2.45, 2.75) is 35.8 Å². The molecule has 0 aromatic rings. The first-order chi connectivity index (χ1) is 5.20. The van der Waals surface area contributed by atoms with Crippen LogP contribution >= 0.6 is 22.6 Å². The van der Waals surface area contributed by atoms with Gasteiger partial charge in [0, 0.05) is 10.3 Å². The fourth-order valence-corrected chi connectivity index (χ4v) is 1.09. The van der Waals surface area contributed by atoms with E-state index in [1.165, 1.54) is 0 Å². The van der Waals surface area contributed by atoms with Gasteiger partial charge in [0.15, 0.2) is 0 Å². The number of rotatable bonds is 3. The summed E-state index contributed by atoms with van der Waals surface area (Å²) in [6, 6.07) is 0. The van der Waals surface area contributed by atoms with Crippen molar-refractivity contribution in [2.24, 2.45) is 0 Å². The zero-order chi connectivity index (χ0) is 9.99. The van der Waals surface area contributed by atoms with Crippen molar-refractivity contribution in [1.29, 1.82) is 0 Å². The summed E-state index contributed by atoms with van der Waals surface area (Å²) in [5, 5.41) is 0. The zero-order valence-electron chi connectivity index (χ0n) is 6.26. The lowest BCUT2D eigenvalue weighted by molar-refractivity contribution is -0.283. The molecule has 0 radical (unpaired) electrons. The third-order valence-electron chi connectivity index (χ3n) is 1.34. The first-order valence-electron chi connectivity index (χ1n) is 3.29. The number of alkyl halides is 6. The number of hydrogen-bond donors (Lipinski definition) is 0. The molecule has 0 rings (SSSR count). The minimum atomic E-state index is -5.41. The van der Waals surface area contributed by atoms with Gasteiger partial charge >= 0.3 is 12.1 Å². The lowest BCUT2D eigenvalue weighted by Gasteiger charge is -2.21. The predicted octanol–water partition coefficient (Wildman–Crippen LogP) is 3.79. The second-order valence-electron chi connectivity index (χ2n) is 2.41. The molecule has 1 atom stereocenters. The molecule has 0 heterocycles. The molecule has 0 aromatic carbocycles. The van der Waals surface area contributed by atoms with Crippen molar-refractivity contribution in [3.63, 3.8) is 0 Å². The summed E-state index contributed by atoms with van der Waals surface area (Å²) in [6.07, 6.45) is -6.23. The third kappa shape index (κ3) is 3.40. The molecule has 74 valence electrons. The second kappa shape index (κ2) is 4.06. The summed E-state index contributed by atoms with van der Waals surface area (Å²) in [6.45, 7) is 1.57. The van der Waals surface area contributed by atoms with Crippen LogP contribution in [0, 0.1) is 0 Å². The molecule has 0 nitrogen and oxygen atoms in total. The Balaban J connectivity index is 4.22. The summed E-state index contributed by atoms with van der Waals surface area (Å²) >= 11 is 1.59. The molecule has 1 unspecified atom stereocenters. The highest BCUT2D eigenvalue weighted by Crippen LogP contribution is 2.40. The Hall–Kier alpha value is 0.380.